The van der Waals surface area contributed by atoms with Gasteiger partial charge in [0.2, 0.25) is 5.95 Å². The maximum Gasteiger partial charge on any atom is 0.221 e. The molecule has 0 fully saturated rings. The number of aliphatic hydroxyl groups excluding tert-OH is 1. The van der Waals surface area contributed by atoms with Crippen LogP contribution in [0, 0.1) is 5.92 Å². The van der Waals surface area contributed by atoms with Gasteiger partial charge >= 0.3 is 0 Å². The van der Waals surface area contributed by atoms with Gasteiger partial charge in [0.15, 0.2) is 0 Å². The monoisotopic (exact) mass is 260 g/mol. The number of nitrogens with one attached hydrogen (secondary N) is 1. The number of aromatic nitrogens is 2. The Balaban J connectivity index is 2.62. The van der Waals surface area contributed by atoms with E-state index in [0.29, 0.717) is 12.4 Å². The van der Waals surface area contributed by atoms with Crippen LogP contribution in [-0.2, 0) is 0 Å². The van der Waals surface area contributed by atoms with Crippen molar-refractivity contribution in [1.82, 2.24) is 9.97 Å². The number of anilines is 2. The number of halogens is 1. The highest BCUT2D eigenvalue weighted by molar-refractivity contribution is 9.10. The molecule has 0 aliphatic heterocycles. The van der Waals surface area contributed by atoms with E-state index >= 15 is 0 Å². The van der Waals surface area contributed by atoms with Gasteiger partial charge in [-0.15, -0.1) is 0 Å². The predicted octanol–water partition coefficient (Wildman–Crippen LogP) is 0.862. The van der Waals surface area contributed by atoms with Gasteiger partial charge in [-0.25, -0.2) is 4.98 Å². The number of hydrogen-bond donors (Lipinski definition) is 3. The van der Waals surface area contributed by atoms with E-state index in [4.69, 9.17) is 10.8 Å². The summed E-state index contributed by atoms with van der Waals surface area (Å²) in [5.74, 6) is 1.06. The number of nitrogen functional groups attached to an aromatic ring is 1. The molecule has 0 radical (unpaired) electrons. The quantitative estimate of drug-likeness (QED) is 0.748. The number of nitrogens with two attached hydrogens (primary N) is 1. The molecule has 1 heterocycles. The minimum Gasteiger partial charge on any atom is -0.396 e. The third-order valence-electron chi connectivity index (χ3n) is 1.69. The summed E-state index contributed by atoms with van der Waals surface area (Å²) in [6.07, 6.45) is 1.59. The van der Waals surface area contributed by atoms with Crippen LogP contribution < -0.4 is 11.1 Å². The lowest BCUT2D eigenvalue weighted by Gasteiger charge is -2.11. The Hall–Kier alpha value is -0.880. The van der Waals surface area contributed by atoms with Crippen LogP contribution in [0.3, 0.4) is 0 Å². The minimum atomic E-state index is 0.144. The Morgan fingerprint density at radius 2 is 2.43 bits per heavy atom. The summed E-state index contributed by atoms with van der Waals surface area (Å²) >= 11 is 3.30. The molecule has 1 atom stereocenters. The molecule has 1 aromatic rings. The van der Waals surface area contributed by atoms with Crippen LogP contribution >= 0.6 is 15.9 Å². The molecule has 0 aromatic carbocycles. The van der Waals surface area contributed by atoms with E-state index in [9.17, 15) is 0 Å². The molecule has 78 valence electrons. The molecule has 0 aliphatic carbocycles. The molecule has 1 aromatic heterocycles. The maximum absolute atomic E-state index is 8.83. The molecule has 0 bridgehead atoms. The molecule has 0 aliphatic rings. The molecule has 0 saturated heterocycles. The lowest BCUT2D eigenvalue weighted by molar-refractivity contribution is 0.244. The van der Waals surface area contributed by atoms with Crippen molar-refractivity contribution < 1.29 is 5.11 Å². The van der Waals surface area contributed by atoms with Gasteiger partial charge < -0.3 is 16.2 Å². The Morgan fingerprint density at radius 3 is 3.07 bits per heavy atom. The van der Waals surface area contributed by atoms with Gasteiger partial charge in [-0.2, -0.15) is 4.98 Å². The summed E-state index contributed by atoms with van der Waals surface area (Å²) < 4.78 is 0.761. The molecule has 0 saturated carbocycles. The fourth-order valence-electron chi connectivity index (χ4n) is 0.840. The van der Waals surface area contributed by atoms with Crippen LogP contribution in [0.4, 0.5) is 11.8 Å². The zero-order chi connectivity index (χ0) is 10.6. The van der Waals surface area contributed by atoms with Crippen LogP contribution in [-0.4, -0.2) is 28.2 Å². The zero-order valence-electron chi connectivity index (χ0n) is 7.87. The summed E-state index contributed by atoms with van der Waals surface area (Å²) in [5.41, 5.74) is 5.43. The van der Waals surface area contributed by atoms with Crippen LogP contribution in [0.1, 0.15) is 6.92 Å². The van der Waals surface area contributed by atoms with Crippen LogP contribution in [0.25, 0.3) is 0 Å². The van der Waals surface area contributed by atoms with E-state index in [1.54, 1.807) is 6.20 Å². The molecule has 0 amide bonds. The standard InChI is InChI=1S/C8H13BrN4O/c1-5(4-14)2-11-7-6(9)3-12-8(10)13-7/h3,5,14H,2,4H2,1H3,(H3,10,11,12,13). The Bertz CT molecular complexity index is 307. The van der Waals surface area contributed by atoms with Crippen molar-refractivity contribution in [2.45, 2.75) is 6.92 Å². The molecular formula is C8H13BrN4O. The Morgan fingerprint density at radius 1 is 1.71 bits per heavy atom. The second-order valence-corrected chi connectivity index (χ2v) is 3.95. The zero-order valence-corrected chi connectivity index (χ0v) is 9.45. The van der Waals surface area contributed by atoms with E-state index in [1.165, 1.54) is 0 Å². The third-order valence-corrected chi connectivity index (χ3v) is 2.27. The average molecular weight is 261 g/mol. The SMILES string of the molecule is CC(CO)CNc1nc(N)ncc1Br. The van der Waals surface area contributed by atoms with Gasteiger partial charge in [0, 0.05) is 19.3 Å². The summed E-state index contributed by atoms with van der Waals surface area (Å²) in [4.78, 5) is 7.82. The summed E-state index contributed by atoms with van der Waals surface area (Å²) in [5, 5.41) is 11.9. The number of nitrogens with zero attached hydrogens (tertiary/aromatic N) is 2. The van der Waals surface area contributed by atoms with Crippen molar-refractivity contribution in [2.75, 3.05) is 24.2 Å². The molecule has 5 nitrogen and oxygen atoms in total. The van der Waals surface area contributed by atoms with Gasteiger partial charge in [-0.1, -0.05) is 6.92 Å². The predicted molar refractivity (Wildman–Crippen MR) is 58.9 cm³/mol. The molecule has 0 spiro atoms. The van der Waals surface area contributed by atoms with Crippen LogP contribution in [0.5, 0.6) is 0 Å². The van der Waals surface area contributed by atoms with E-state index in [1.807, 2.05) is 6.92 Å². The van der Waals surface area contributed by atoms with Gasteiger partial charge in [0.05, 0.1) is 4.47 Å². The highest BCUT2D eigenvalue weighted by Crippen LogP contribution is 2.19. The first-order valence-corrected chi connectivity index (χ1v) is 5.05. The van der Waals surface area contributed by atoms with Crippen molar-refractivity contribution in [3.8, 4) is 0 Å². The largest absolute Gasteiger partial charge is 0.396 e. The first kappa shape index (κ1) is 11.2. The van der Waals surface area contributed by atoms with E-state index in [2.05, 4.69) is 31.2 Å². The van der Waals surface area contributed by atoms with Crippen molar-refractivity contribution in [3.63, 3.8) is 0 Å². The first-order chi connectivity index (χ1) is 6.63. The number of hydrogen-bond acceptors (Lipinski definition) is 5. The maximum atomic E-state index is 8.83. The van der Waals surface area contributed by atoms with Crippen molar-refractivity contribution in [2.24, 2.45) is 5.92 Å². The van der Waals surface area contributed by atoms with Crippen molar-refractivity contribution in [3.05, 3.63) is 10.7 Å². The normalized spacial score (nSPS) is 12.5. The molecule has 14 heavy (non-hydrogen) atoms. The van der Waals surface area contributed by atoms with Crippen molar-refractivity contribution >= 4 is 27.7 Å². The lowest BCUT2D eigenvalue weighted by Crippen LogP contribution is -2.16. The number of rotatable bonds is 4. The fraction of sp³-hybridized carbons (Fsp3) is 0.500. The smallest absolute Gasteiger partial charge is 0.221 e. The van der Waals surface area contributed by atoms with Crippen LogP contribution in [0.15, 0.2) is 10.7 Å². The van der Waals surface area contributed by atoms with Crippen molar-refractivity contribution in [1.29, 1.82) is 0 Å². The highest BCUT2D eigenvalue weighted by atomic mass is 79.9. The average Bonchev–Trinajstić information content (AvgIpc) is 2.19. The topological polar surface area (TPSA) is 84.1 Å². The fourth-order valence-corrected chi connectivity index (χ4v) is 1.17. The second-order valence-electron chi connectivity index (χ2n) is 3.09. The minimum absolute atomic E-state index is 0.144. The van der Waals surface area contributed by atoms with Gasteiger partial charge in [-0.05, 0) is 21.8 Å². The molecule has 1 unspecified atom stereocenters. The van der Waals surface area contributed by atoms with E-state index in [0.717, 1.165) is 4.47 Å². The number of aliphatic hydroxyl groups is 1. The second kappa shape index (κ2) is 5.11. The van der Waals surface area contributed by atoms with Gasteiger partial charge in [-0.3, -0.25) is 0 Å². The first-order valence-electron chi connectivity index (χ1n) is 4.26. The Kier molecular flexibility index (Phi) is 4.09. The van der Waals surface area contributed by atoms with E-state index < -0.39 is 0 Å². The van der Waals surface area contributed by atoms with E-state index in [-0.39, 0.29) is 18.5 Å². The summed E-state index contributed by atoms with van der Waals surface area (Å²) in [6.45, 7) is 2.72. The molecule has 6 heteroatoms. The third kappa shape index (κ3) is 3.12. The van der Waals surface area contributed by atoms with Crippen LogP contribution in [0.2, 0.25) is 0 Å². The van der Waals surface area contributed by atoms with Gasteiger partial charge in [0.25, 0.3) is 0 Å². The summed E-state index contributed by atoms with van der Waals surface area (Å²) in [6, 6.07) is 0. The highest BCUT2D eigenvalue weighted by Gasteiger charge is 2.04. The summed E-state index contributed by atoms with van der Waals surface area (Å²) in [7, 11) is 0. The van der Waals surface area contributed by atoms with Gasteiger partial charge in [0.1, 0.15) is 5.82 Å². The molecular weight excluding hydrogens is 248 g/mol. The Labute approximate surface area is 90.9 Å². The molecule has 4 N–H and O–H groups in total. The lowest BCUT2D eigenvalue weighted by atomic mass is 10.2. The molecule has 1 rings (SSSR count).